The van der Waals surface area contributed by atoms with Crippen LogP contribution in [0.15, 0.2) is 18.2 Å². The van der Waals surface area contributed by atoms with Crippen LogP contribution in [0.25, 0.3) is 10.9 Å². The molecule has 0 saturated carbocycles. The highest BCUT2D eigenvalue weighted by Crippen LogP contribution is 2.32. The number of ether oxygens (including phenoxy) is 1. The molecule has 7 nitrogen and oxygen atoms in total. The molecule has 1 aromatic carbocycles. The van der Waals surface area contributed by atoms with E-state index >= 15 is 0 Å². The summed E-state index contributed by atoms with van der Waals surface area (Å²) in [6.07, 6.45) is 3.16. The van der Waals surface area contributed by atoms with Crippen LogP contribution >= 0.6 is 0 Å². The summed E-state index contributed by atoms with van der Waals surface area (Å²) >= 11 is 0. The van der Waals surface area contributed by atoms with Crippen molar-refractivity contribution in [2.45, 2.75) is 52.5 Å². The number of aromatic amines is 1. The number of carbonyl (C=O) groups excluding carboxylic acids is 3. The minimum Gasteiger partial charge on any atom is -0.452 e. The van der Waals surface area contributed by atoms with Crippen LogP contribution in [-0.4, -0.2) is 35.0 Å². The Morgan fingerprint density at radius 3 is 2.71 bits per heavy atom. The van der Waals surface area contributed by atoms with E-state index in [0.29, 0.717) is 11.5 Å². The molecule has 3 amide bonds. The van der Waals surface area contributed by atoms with Gasteiger partial charge in [0, 0.05) is 22.1 Å². The van der Waals surface area contributed by atoms with E-state index < -0.39 is 30.1 Å². The second-order valence-corrected chi connectivity index (χ2v) is 8.52. The molecule has 2 aromatic rings. The fourth-order valence-electron chi connectivity index (χ4n) is 3.47. The van der Waals surface area contributed by atoms with Crippen LogP contribution in [0.5, 0.6) is 0 Å². The standard InChI is InChI=1S/C21H27N3O4/c1-12-5-7-16-14(9-12)15-10-13(6-8-17(15)22-16)19(26)28-11-18(25)23-20(27)24-21(2,3)4/h6,8,10,12,22H,5,7,9,11H2,1-4H3,(H2,23,24,25,27)/t12-/m0/s1. The summed E-state index contributed by atoms with van der Waals surface area (Å²) in [4.78, 5) is 39.3. The van der Waals surface area contributed by atoms with Crippen LogP contribution in [0.4, 0.5) is 4.79 Å². The molecule has 1 aliphatic rings. The van der Waals surface area contributed by atoms with Crippen molar-refractivity contribution in [1.29, 1.82) is 0 Å². The quantitative estimate of drug-likeness (QED) is 0.707. The van der Waals surface area contributed by atoms with Gasteiger partial charge in [0.15, 0.2) is 6.61 Å². The monoisotopic (exact) mass is 385 g/mol. The largest absolute Gasteiger partial charge is 0.452 e. The van der Waals surface area contributed by atoms with Gasteiger partial charge in [-0.2, -0.15) is 0 Å². The Hall–Kier alpha value is -2.83. The Labute approximate surface area is 164 Å². The van der Waals surface area contributed by atoms with Crippen molar-refractivity contribution in [1.82, 2.24) is 15.6 Å². The molecule has 28 heavy (non-hydrogen) atoms. The van der Waals surface area contributed by atoms with Crippen LogP contribution in [0.2, 0.25) is 0 Å². The second-order valence-electron chi connectivity index (χ2n) is 8.52. The molecule has 0 saturated heterocycles. The Kier molecular flexibility index (Phi) is 5.45. The lowest BCUT2D eigenvalue weighted by atomic mass is 9.87. The Balaban J connectivity index is 1.63. The smallest absolute Gasteiger partial charge is 0.338 e. The predicted molar refractivity (Wildman–Crippen MR) is 106 cm³/mol. The minimum atomic E-state index is -0.677. The average Bonchev–Trinajstić information content (AvgIpc) is 2.95. The molecular weight excluding hydrogens is 358 g/mol. The summed E-state index contributed by atoms with van der Waals surface area (Å²) in [6, 6.07) is 4.74. The number of imide groups is 1. The maximum Gasteiger partial charge on any atom is 0.338 e. The fraction of sp³-hybridized carbons (Fsp3) is 0.476. The average molecular weight is 385 g/mol. The van der Waals surface area contributed by atoms with Crippen molar-refractivity contribution >= 4 is 28.8 Å². The summed E-state index contributed by atoms with van der Waals surface area (Å²) in [6.45, 7) is 7.11. The van der Waals surface area contributed by atoms with Gasteiger partial charge >= 0.3 is 12.0 Å². The van der Waals surface area contributed by atoms with Gasteiger partial charge in [-0.3, -0.25) is 10.1 Å². The van der Waals surface area contributed by atoms with Crippen molar-refractivity contribution in [2.75, 3.05) is 6.61 Å². The highest BCUT2D eigenvalue weighted by molar-refractivity contribution is 5.99. The first-order chi connectivity index (χ1) is 13.1. The van der Waals surface area contributed by atoms with Crippen molar-refractivity contribution in [2.24, 2.45) is 5.92 Å². The number of carbonyl (C=O) groups is 3. The molecular formula is C21H27N3O4. The molecule has 3 N–H and O–H groups in total. The number of fused-ring (bicyclic) bond motifs is 3. The van der Waals surface area contributed by atoms with Gasteiger partial charge in [0.1, 0.15) is 0 Å². The number of hydrogen-bond acceptors (Lipinski definition) is 4. The summed E-state index contributed by atoms with van der Waals surface area (Å²) < 4.78 is 5.07. The van der Waals surface area contributed by atoms with Gasteiger partial charge in [-0.1, -0.05) is 6.92 Å². The van der Waals surface area contributed by atoms with Crippen molar-refractivity contribution in [3.63, 3.8) is 0 Å². The number of nitrogens with one attached hydrogen (secondary N) is 3. The molecule has 3 rings (SSSR count). The number of benzene rings is 1. The second kappa shape index (κ2) is 7.66. The predicted octanol–water partition coefficient (Wildman–Crippen LogP) is 3.07. The lowest BCUT2D eigenvalue weighted by Crippen LogP contribution is -2.49. The molecule has 1 aliphatic carbocycles. The molecule has 150 valence electrons. The third kappa shape index (κ3) is 4.71. The zero-order valence-electron chi connectivity index (χ0n) is 16.8. The number of aromatic nitrogens is 1. The van der Waals surface area contributed by atoms with Gasteiger partial charge < -0.3 is 15.0 Å². The highest BCUT2D eigenvalue weighted by Gasteiger charge is 2.21. The Morgan fingerprint density at radius 2 is 2.00 bits per heavy atom. The van der Waals surface area contributed by atoms with Gasteiger partial charge in [0.2, 0.25) is 0 Å². The molecule has 0 aliphatic heterocycles. The van der Waals surface area contributed by atoms with Gasteiger partial charge in [-0.05, 0) is 69.7 Å². The molecule has 0 bridgehead atoms. The lowest BCUT2D eigenvalue weighted by molar-refractivity contribution is -0.123. The maximum absolute atomic E-state index is 12.3. The van der Waals surface area contributed by atoms with E-state index in [4.69, 9.17) is 4.74 Å². The van der Waals surface area contributed by atoms with Crippen molar-refractivity contribution in [3.8, 4) is 0 Å². The number of aryl methyl sites for hydroxylation is 1. The molecule has 1 aromatic heterocycles. The van der Waals surface area contributed by atoms with Crippen LogP contribution < -0.4 is 10.6 Å². The number of urea groups is 1. The molecule has 1 atom stereocenters. The van der Waals surface area contributed by atoms with E-state index in [-0.39, 0.29) is 0 Å². The van der Waals surface area contributed by atoms with Gasteiger partial charge in [0.05, 0.1) is 5.56 Å². The van der Waals surface area contributed by atoms with E-state index in [9.17, 15) is 14.4 Å². The summed E-state index contributed by atoms with van der Waals surface area (Å²) in [5.41, 5.74) is 3.43. The minimum absolute atomic E-state index is 0.388. The maximum atomic E-state index is 12.3. The molecule has 0 spiro atoms. The number of H-pyrrole nitrogens is 1. The zero-order chi connectivity index (χ0) is 20.5. The topological polar surface area (TPSA) is 100 Å². The summed E-state index contributed by atoms with van der Waals surface area (Å²) in [5, 5.41) is 5.78. The van der Waals surface area contributed by atoms with Gasteiger partial charge in [-0.25, -0.2) is 9.59 Å². The molecule has 0 fully saturated rings. The van der Waals surface area contributed by atoms with Crippen LogP contribution in [0.1, 0.15) is 55.7 Å². The molecule has 7 heteroatoms. The summed E-state index contributed by atoms with van der Waals surface area (Å²) in [7, 11) is 0. The van der Waals surface area contributed by atoms with E-state index in [1.54, 1.807) is 26.8 Å². The van der Waals surface area contributed by atoms with Gasteiger partial charge in [-0.15, -0.1) is 0 Å². The molecule has 0 radical (unpaired) electrons. The fourth-order valence-corrected chi connectivity index (χ4v) is 3.47. The number of amides is 3. The first-order valence-electron chi connectivity index (χ1n) is 9.55. The SMILES string of the molecule is C[C@H]1CCc2[nH]c3ccc(C(=O)OCC(=O)NC(=O)NC(C)(C)C)cc3c2C1. The third-order valence-corrected chi connectivity index (χ3v) is 4.75. The van der Waals surface area contributed by atoms with E-state index in [1.807, 2.05) is 12.1 Å². The Morgan fingerprint density at radius 1 is 1.25 bits per heavy atom. The van der Waals surface area contributed by atoms with E-state index in [2.05, 4.69) is 22.5 Å². The van der Waals surface area contributed by atoms with Crippen molar-refractivity contribution < 1.29 is 19.1 Å². The normalized spacial score (nSPS) is 16.4. The number of hydrogen-bond donors (Lipinski definition) is 3. The van der Waals surface area contributed by atoms with Gasteiger partial charge in [0.25, 0.3) is 5.91 Å². The lowest BCUT2D eigenvalue weighted by Gasteiger charge is -2.20. The molecule has 0 unspecified atom stereocenters. The first-order valence-corrected chi connectivity index (χ1v) is 9.55. The first kappa shape index (κ1) is 19.9. The van der Waals surface area contributed by atoms with E-state index in [0.717, 1.165) is 30.2 Å². The van der Waals surface area contributed by atoms with Crippen LogP contribution in [0.3, 0.4) is 0 Å². The molecule has 1 heterocycles. The van der Waals surface area contributed by atoms with Crippen LogP contribution in [0, 0.1) is 5.92 Å². The zero-order valence-corrected chi connectivity index (χ0v) is 16.8. The van der Waals surface area contributed by atoms with Crippen LogP contribution in [-0.2, 0) is 22.4 Å². The number of esters is 1. The number of rotatable bonds is 3. The van der Waals surface area contributed by atoms with E-state index in [1.165, 1.54) is 11.3 Å². The Bertz CT molecular complexity index is 924. The van der Waals surface area contributed by atoms with Crippen molar-refractivity contribution in [3.05, 3.63) is 35.0 Å². The highest BCUT2D eigenvalue weighted by atomic mass is 16.5. The third-order valence-electron chi connectivity index (χ3n) is 4.75. The summed E-state index contributed by atoms with van der Waals surface area (Å²) in [5.74, 6) is -0.652.